The topological polar surface area (TPSA) is 70.2 Å². The lowest BCUT2D eigenvalue weighted by Gasteiger charge is -2.36. The van der Waals surface area contributed by atoms with Gasteiger partial charge in [-0.2, -0.15) is 0 Å². The summed E-state index contributed by atoms with van der Waals surface area (Å²) in [6.45, 7) is 5.05. The number of amides is 1. The molecule has 0 atom stereocenters. The Hall–Kier alpha value is -3.56. The molecule has 0 unspecified atom stereocenters. The van der Waals surface area contributed by atoms with Crippen LogP contribution in [0.25, 0.3) is 10.1 Å². The van der Waals surface area contributed by atoms with Gasteiger partial charge in [0.2, 0.25) is 10.0 Å². The summed E-state index contributed by atoms with van der Waals surface area (Å²) in [5.74, 6) is 0.840. The number of hydrogen-bond donors (Lipinski definition) is 0. The Kier molecular flexibility index (Phi) is 7.32. The Bertz CT molecular complexity index is 1540. The Morgan fingerprint density at radius 2 is 1.63 bits per heavy atom. The number of sulfonamides is 1. The van der Waals surface area contributed by atoms with Gasteiger partial charge in [0.05, 0.1) is 30.5 Å². The average Bonchev–Trinajstić information content (AvgIpc) is 3.35. The van der Waals surface area contributed by atoms with Crippen molar-refractivity contribution in [3.63, 3.8) is 0 Å². The van der Waals surface area contributed by atoms with E-state index < -0.39 is 10.0 Å². The lowest BCUT2D eigenvalue weighted by molar-refractivity contribution is 0.0751. The van der Waals surface area contributed by atoms with Gasteiger partial charge in [-0.05, 0) is 66.4 Å². The number of carbonyl (C=O) groups excluding carboxylic acids is 1. The lowest BCUT2D eigenvalue weighted by atomic mass is 10.1. The first kappa shape index (κ1) is 26.1. The summed E-state index contributed by atoms with van der Waals surface area (Å²) in [5.41, 5.74) is 3.74. The van der Waals surface area contributed by atoms with Crippen LogP contribution in [0.3, 0.4) is 0 Å². The molecule has 198 valence electrons. The van der Waals surface area contributed by atoms with Gasteiger partial charge in [0.25, 0.3) is 5.91 Å². The van der Waals surface area contributed by atoms with E-state index in [0.29, 0.717) is 23.7 Å². The fraction of sp³-hybridized carbons (Fsp3) is 0.276. The van der Waals surface area contributed by atoms with Crippen molar-refractivity contribution in [3.05, 3.63) is 88.8 Å². The van der Waals surface area contributed by atoms with Crippen LogP contribution < -0.4 is 13.9 Å². The summed E-state index contributed by atoms with van der Waals surface area (Å²) in [7, 11) is -1.85. The molecule has 1 aromatic heterocycles. The van der Waals surface area contributed by atoms with E-state index in [1.165, 1.54) is 21.9 Å². The summed E-state index contributed by atoms with van der Waals surface area (Å²) >= 11 is 1.45. The maximum Gasteiger partial charge on any atom is 0.264 e. The van der Waals surface area contributed by atoms with E-state index in [-0.39, 0.29) is 12.5 Å². The molecule has 3 aromatic carbocycles. The Balaban J connectivity index is 1.31. The van der Waals surface area contributed by atoms with Gasteiger partial charge in [0.1, 0.15) is 5.75 Å². The molecular weight excluding hydrogens is 518 g/mol. The molecule has 0 radical (unpaired) electrons. The van der Waals surface area contributed by atoms with E-state index >= 15 is 0 Å². The highest BCUT2D eigenvalue weighted by Crippen LogP contribution is 2.32. The summed E-state index contributed by atoms with van der Waals surface area (Å²) in [4.78, 5) is 18.2. The largest absolute Gasteiger partial charge is 0.497 e. The highest BCUT2D eigenvalue weighted by Gasteiger charge is 2.24. The molecular formula is C29H31N3O4S2. The third-order valence-electron chi connectivity index (χ3n) is 6.85. The maximum atomic E-state index is 13.3. The van der Waals surface area contributed by atoms with Gasteiger partial charge >= 0.3 is 0 Å². The summed E-state index contributed by atoms with van der Waals surface area (Å²) in [6.07, 6.45) is 1.22. The highest BCUT2D eigenvalue weighted by molar-refractivity contribution is 7.92. The zero-order valence-electron chi connectivity index (χ0n) is 21.8. The zero-order chi connectivity index (χ0) is 26.9. The molecule has 7 nitrogen and oxygen atoms in total. The number of carbonyl (C=O) groups is 1. The summed E-state index contributed by atoms with van der Waals surface area (Å²) in [6, 6.07) is 23.3. The van der Waals surface area contributed by atoms with E-state index in [2.05, 4.69) is 4.90 Å². The minimum atomic E-state index is -3.50. The molecule has 0 aliphatic carbocycles. The van der Waals surface area contributed by atoms with Gasteiger partial charge in [-0.25, -0.2) is 8.42 Å². The third-order valence-corrected chi connectivity index (χ3v) is 9.09. The van der Waals surface area contributed by atoms with E-state index in [1.54, 1.807) is 7.11 Å². The van der Waals surface area contributed by atoms with Gasteiger partial charge < -0.3 is 14.5 Å². The molecule has 1 amide bonds. The van der Waals surface area contributed by atoms with Crippen LogP contribution in [-0.2, 0) is 16.6 Å². The normalized spacial score (nSPS) is 14.1. The first-order chi connectivity index (χ1) is 18.2. The maximum absolute atomic E-state index is 13.3. The fourth-order valence-corrected chi connectivity index (χ4v) is 6.56. The number of thiophene rings is 1. The molecule has 9 heteroatoms. The van der Waals surface area contributed by atoms with Crippen molar-refractivity contribution in [1.82, 2.24) is 4.90 Å². The van der Waals surface area contributed by atoms with Crippen LogP contribution in [0.4, 0.5) is 11.4 Å². The smallest absolute Gasteiger partial charge is 0.264 e. The Morgan fingerprint density at radius 1 is 0.947 bits per heavy atom. The van der Waals surface area contributed by atoms with Crippen LogP contribution in [0.5, 0.6) is 5.75 Å². The molecule has 0 bridgehead atoms. The van der Waals surface area contributed by atoms with Crippen molar-refractivity contribution in [3.8, 4) is 5.75 Å². The molecule has 0 spiro atoms. The predicted octanol–water partition coefficient (Wildman–Crippen LogP) is 5.15. The van der Waals surface area contributed by atoms with E-state index in [0.717, 1.165) is 45.7 Å². The summed E-state index contributed by atoms with van der Waals surface area (Å²) in [5, 5.41) is 0.866. The molecule has 4 aromatic rings. The van der Waals surface area contributed by atoms with E-state index in [1.807, 2.05) is 84.6 Å². The number of rotatable bonds is 7. The Morgan fingerprint density at radius 3 is 2.26 bits per heavy atom. The number of aryl methyl sites for hydroxylation is 1. The predicted molar refractivity (Wildman–Crippen MR) is 155 cm³/mol. The van der Waals surface area contributed by atoms with Crippen molar-refractivity contribution in [2.24, 2.45) is 0 Å². The SMILES string of the molecule is COc1ccc(N2CCN(C(=O)c3cc4cc(N(Cc5ccc(C)cc5)S(C)(=O)=O)ccc4s3)CC2)cc1. The second kappa shape index (κ2) is 10.7. The standard InChI is InChI=1S/C29H31N3O4S2/c1-21-4-6-22(7-5-21)20-32(38(3,34)35)25-10-13-27-23(18-25)19-28(37-27)29(33)31-16-14-30(15-17-31)24-8-11-26(36-2)12-9-24/h4-13,18-19H,14-17,20H2,1-3H3. The second-order valence-corrected chi connectivity index (χ2v) is 12.6. The van der Waals surface area contributed by atoms with Crippen LogP contribution in [0.1, 0.15) is 20.8 Å². The molecule has 1 fully saturated rings. The number of ether oxygens (including phenoxy) is 1. The number of nitrogens with zero attached hydrogens (tertiary/aromatic N) is 3. The quantitative estimate of drug-likeness (QED) is 0.319. The van der Waals surface area contributed by atoms with Gasteiger partial charge in [0, 0.05) is 36.6 Å². The molecule has 1 aliphatic rings. The van der Waals surface area contributed by atoms with Crippen LogP contribution >= 0.6 is 11.3 Å². The molecule has 2 heterocycles. The van der Waals surface area contributed by atoms with E-state index in [9.17, 15) is 13.2 Å². The van der Waals surface area contributed by atoms with Crippen molar-refractivity contribution in [2.75, 3.05) is 48.7 Å². The van der Waals surface area contributed by atoms with Crippen LogP contribution in [0.2, 0.25) is 0 Å². The van der Waals surface area contributed by atoms with Gasteiger partial charge in [0.15, 0.2) is 0 Å². The number of benzene rings is 3. The third kappa shape index (κ3) is 5.63. The van der Waals surface area contributed by atoms with Crippen molar-refractivity contribution in [1.29, 1.82) is 0 Å². The first-order valence-corrected chi connectivity index (χ1v) is 15.1. The summed E-state index contributed by atoms with van der Waals surface area (Å²) < 4.78 is 33.0. The number of piperazine rings is 1. The van der Waals surface area contributed by atoms with Crippen LogP contribution in [-0.4, -0.2) is 58.8 Å². The second-order valence-electron chi connectivity index (χ2n) is 9.57. The molecule has 1 saturated heterocycles. The molecule has 0 saturated carbocycles. The zero-order valence-corrected chi connectivity index (χ0v) is 23.4. The minimum Gasteiger partial charge on any atom is -0.497 e. The number of methoxy groups -OCH3 is 1. The molecule has 1 aliphatic heterocycles. The monoisotopic (exact) mass is 549 g/mol. The van der Waals surface area contributed by atoms with Crippen molar-refractivity contribution >= 4 is 48.7 Å². The average molecular weight is 550 g/mol. The molecule has 38 heavy (non-hydrogen) atoms. The molecule has 0 N–H and O–H groups in total. The number of anilines is 2. The van der Waals surface area contributed by atoms with Crippen molar-refractivity contribution in [2.45, 2.75) is 13.5 Å². The molecule has 5 rings (SSSR count). The number of fused-ring (bicyclic) bond motifs is 1. The van der Waals surface area contributed by atoms with Crippen LogP contribution in [0, 0.1) is 6.92 Å². The van der Waals surface area contributed by atoms with Gasteiger partial charge in [-0.15, -0.1) is 11.3 Å². The van der Waals surface area contributed by atoms with Gasteiger partial charge in [-0.1, -0.05) is 29.8 Å². The number of hydrogen-bond acceptors (Lipinski definition) is 6. The van der Waals surface area contributed by atoms with Crippen molar-refractivity contribution < 1.29 is 17.9 Å². The Labute approximate surface area is 227 Å². The van der Waals surface area contributed by atoms with Gasteiger partial charge in [-0.3, -0.25) is 9.10 Å². The highest BCUT2D eigenvalue weighted by atomic mass is 32.2. The van der Waals surface area contributed by atoms with E-state index in [4.69, 9.17) is 4.74 Å². The fourth-order valence-electron chi connectivity index (χ4n) is 4.67. The van der Waals surface area contributed by atoms with Crippen LogP contribution in [0.15, 0.2) is 72.8 Å². The lowest BCUT2D eigenvalue weighted by Crippen LogP contribution is -2.48. The minimum absolute atomic E-state index is 0.0155. The first-order valence-electron chi connectivity index (χ1n) is 12.5.